The lowest BCUT2D eigenvalue weighted by Gasteiger charge is -2.31. The molecule has 0 bridgehead atoms. The maximum Gasteiger partial charge on any atom is 0.129 e. The van der Waals surface area contributed by atoms with Crippen LogP contribution in [0, 0.1) is 18.3 Å². The lowest BCUT2D eigenvalue weighted by molar-refractivity contribution is 0.375. The average Bonchev–Trinajstić information content (AvgIpc) is 2.97. The average molecular weight is 397 g/mol. The van der Waals surface area contributed by atoms with E-state index in [-0.39, 0.29) is 12.0 Å². The van der Waals surface area contributed by atoms with Gasteiger partial charge in [-0.3, -0.25) is 9.67 Å². The number of methoxy groups -OCH3 is 1. The normalized spacial score (nSPS) is 15.2. The van der Waals surface area contributed by atoms with Crippen LogP contribution in [0.25, 0.3) is 10.9 Å². The summed E-state index contributed by atoms with van der Waals surface area (Å²) in [7, 11) is 1.63. The summed E-state index contributed by atoms with van der Waals surface area (Å²) in [6.07, 6.45) is 3.39. The number of nitrogens with zero attached hydrogens (tertiary/aromatic N) is 4. The van der Waals surface area contributed by atoms with Crippen molar-refractivity contribution in [1.82, 2.24) is 20.1 Å². The van der Waals surface area contributed by atoms with Crippen molar-refractivity contribution < 1.29 is 4.74 Å². The Morgan fingerprint density at radius 2 is 2.18 bits per heavy atom. The molecule has 3 N–H and O–H groups in total. The smallest absolute Gasteiger partial charge is 0.129 e. The van der Waals surface area contributed by atoms with Crippen molar-refractivity contribution in [2.75, 3.05) is 25.9 Å². The van der Waals surface area contributed by atoms with Crippen LogP contribution in [0.1, 0.15) is 41.3 Å². The molecule has 3 heterocycles. The zero-order valence-corrected chi connectivity index (χ0v) is 16.7. The molecule has 1 saturated heterocycles. The van der Waals surface area contributed by atoms with Gasteiger partial charge in [0.05, 0.1) is 53.0 Å². The molecule has 0 radical (unpaired) electrons. The van der Waals surface area contributed by atoms with Crippen LogP contribution in [-0.4, -0.2) is 35.0 Å². The predicted octanol–water partition coefficient (Wildman–Crippen LogP) is 3.15. The van der Waals surface area contributed by atoms with Crippen molar-refractivity contribution in [3.8, 4) is 11.8 Å². The summed E-state index contributed by atoms with van der Waals surface area (Å²) < 4.78 is 7.68. The number of benzene rings is 1. The number of anilines is 1. The molecular formula is C20H21ClN6O. The van der Waals surface area contributed by atoms with Crippen LogP contribution in [0.4, 0.5) is 5.69 Å². The van der Waals surface area contributed by atoms with E-state index in [0.29, 0.717) is 22.0 Å². The number of nitrogen functional groups attached to an aromatic ring is 1. The van der Waals surface area contributed by atoms with Crippen molar-refractivity contribution in [1.29, 1.82) is 5.26 Å². The third-order valence-corrected chi connectivity index (χ3v) is 5.74. The lowest BCUT2D eigenvalue weighted by Crippen LogP contribution is -2.40. The summed E-state index contributed by atoms with van der Waals surface area (Å²) >= 11 is 6.51. The number of fused-ring (bicyclic) bond motifs is 1. The Morgan fingerprint density at radius 1 is 1.43 bits per heavy atom. The fourth-order valence-electron chi connectivity index (χ4n) is 3.93. The van der Waals surface area contributed by atoms with Crippen molar-refractivity contribution in [3.63, 3.8) is 0 Å². The van der Waals surface area contributed by atoms with Gasteiger partial charge in [-0.2, -0.15) is 10.4 Å². The van der Waals surface area contributed by atoms with Crippen LogP contribution >= 0.6 is 11.6 Å². The van der Waals surface area contributed by atoms with E-state index in [4.69, 9.17) is 27.2 Å². The molecule has 1 unspecified atom stereocenters. The number of hydrogen-bond donors (Lipinski definition) is 2. The quantitative estimate of drug-likeness (QED) is 0.702. The summed E-state index contributed by atoms with van der Waals surface area (Å²) in [5, 5.41) is 18.9. The van der Waals surface area contributed by atoms with E-state index in [2.05, 4.69) is 16.4 Å². The van der Waals surface area contributed by atoms with Crippen molar-refractivity contribution in [3.05, 3.63) is 45.9 Å². The summed E-state index contributed by atoms with van der Waals surface area (Å²) in [5.74, 6) is 0.890. The SMILES string of the molecule is COc1c(C(C)n2nc(C)c3c(N)cncc32)cc(Cl)c(C#N)c1C1CNC1. The number of halogens is 1. The molecule has 28 heavy (non-hydrogen) atoms. The number of aryl methyl sites for hydroxylation is 1. The molecule has 3 aromatic rings. The zero-order valence-electron chi connectivity index (χ0n) is 16.0. The van der Waals surface area contributed by atoms with Gasteiger partial charge >= 0.3 is 0 Å². The third kappa shape index (κ3) is 2.68. The highest BCUT2D eigenvalue weighted by molar-refractivity contribution is 6.32. The predicted molar refractivity (Wildman–Crippen MR) is 109 cm³/mol. The van der Waals surface area contributed by atoms with Gasteiger partial charge in [-0.05, 0) is 19.9 Å². The van der Waals surface area contributed by atoms with Crippen molar-refractivity contribution in [2.45, 2.75) is 25.8 Å². The Balaban J connectivity index is 1.94. The second kappa shape index (κ2) is 6.97. The molecule has 0 amide bonds. The number of hydrogen-bond acceptors (Lipinski definition) is 6. The minimum atomic E-state index is -0.188. The van der Waals surface area contributed by atoms with Crippen LogP contribution in [0.2, 0.25) is 5.02 Å². The summed E-state index contributed by atoms with van der Waals surface area (Å²) in [4.78, 5) is 4.22. The first-order valence-corrected chi connectivity index (χ1v) is 9.45. The first-order valence-electron chi connectivity index (χ1n) is 9.07. The molecule has 7 nitrogen and oxygen atoms in total. The molecule has 0 saturated carbocycles. The Labute approximate surface area is 168 Å². The molecule has 1 atom stereocenters. The molecule has 1 aliphatic rings. The summed E-state index contributed by atoms with van der Waals surface area (Å²) in [6.45, 7) is 5.54. The van der Waals surface area contributed by atoms with E-state index in [1.54, 1.807) is 19.5 Å². The molecular weight excluding hydrogens is 376 g/mol. The molecule has 8 heteroatoms. The van der Waals surface area contributed by atoms with E-state index >= 15 is 0 Å². The van der Waals surface area contributed by atoms with Gasteiger partial charge in [0, 0.05) is 35.5 Å². The highest BCUT2D eigenvalue weighted by Gasteiger charge is 2.31. The van der Waals surface area contributed by atoms with E-state index in [0.717, 1.165) is 40.8 Å². The largest absolute Gasteiger partial charge is 0.496 e. The molecule has 0 spiro atoms. The molecule has 4 rings (SSSR count). The first-order chi connectivity index (χ1) is 13.5. The van der Waals surface area contributed by atoms with E-state index in [1.807, 2.05) is 24.6 Å². The van der Waals surface area contributed by atoms with E-state index in [1.165, 1.54) is 0 Å². The van der Waals surface area contributed by atoms with Crippen LogP contribution < -0.4 is 15.8 Å². The number of nitriles is 1. The monoisotopic (exact) mass is 396 g/mol. The number of aromatic nitrogens is 3. The van der Waals surface area contributed by atoms with Crippen molar-refractivity contribution in [2.24, 2.45) is 0 Å². The minimum absolute atomic E-state index is 0.188. The number of rotatable bonds is 4. The third-order valence-electron chi connectivity index (χ3n) is 5.44. The Hall–Kier alpha value is -2.82. The fraction of sp³-hybridized carbons (Fsp3) is 0.350. The Morgan fingerprint density at radius 3 is 2.79 bits per heavy atom. The number of nitrogens with one attached hydrogen (secondary N) is 1. The number of ether oxygens (including phenoxy) is 1. The summed E-state index contributed by atoms with van der Waals surface area (Å²) in [6, 6.07) is 3.87. The Kier molecular flexibility index (Phi) is 4.61. The van der Waals surface area contributed by atoms with Gasteiger partial charge in [-0.25, -0.2) is 0 Å². The van der Waals surface area contributed by atoms with Gasteiger partial charge in [0.1, 0.15) is 11.8 Å². The fourth-order valence-corrected chi connectivity index (χ4v) is 4.19. The summed E-state index contributed by atoms with van der Waals surface area (Å²) in [5.41, 5.74) is 10.6. The van der Waals surface area contributed by atoms with E-state index < -0.39 is 0 Å². The topological polar surface area (TPSA) is 102 Å². The highest BCUT2D eigenvalue weighted by Crippen LogP contribution is 2.42. The second-order valence-corrected chi connectivity index (χ2v) is 7.47. The van der Waals surface area contributed by atoms with Gasteiger partial charge < -0.3 is 15.8 Å². The van der Waals surface area contributed by atoms with Gasteiger partial charge in [-0.15, -0.1) is 0 Å². The van der Waals surface area contributed by atoms with Crippen LogP contribution in [0.3, 0.4) is 0 Å². The van der Waals surface area contributed by atoms with Gasteiger partial charge in [0.25, 0.3) is 0 Å². The van der Waals surface area contributed by atoms with Gasteiger partial charge in [-0.1, -0.05) is 11.6 Å². The van der Waals surface area contributed by atoms with Crippen molar-refractivity contribution >= 4 is 28.2 Å². The van der Waals surface area contributed by atoms with Crippen LogP contribution in [0.15, 0.2) is 18.5 Å². The van der Waals surface area contributed by atoms with E-state index in [9.17, 15) is 5.26 Å². The number of nitrogens with two attached hydrogens (primary N) is 1. The van der Waals surface area contributed by atoms with Crippen LogP contribution in [0.5, 0.6) is 5.75 Å². The second-order valence-electron chi connectivity index (χ2n) is 7.07. The number of pyridine rings is 1. The minimum Gasteiger partial charge on any atom is -0.496 e. The van der Waals surface area contributed by atoms with Gasteiger partial charge in [0.15, 0.2) is 0 Å². The molecule has 0 aliphatic carbocycles. The molecule has 2 aromatic heterocycles. The maximum atomic E-state index is 9.66. The lowest BCUT2D eigenvalue weighted by atomic mass is 9.86. The molecule has 1 aliphatic heterocycles. The maximum absolute atomic E-state index is 9.66. The highest BCUT2D eigenvalue weighted by atomic mass is 35.5. The molecule has 144 valence electrons. The Bertz CT molecular complexity index is 1110. The standard InChI is InChI=1S/C20H21ClN6O/c1-10-18-16(23)8-25-9-17(18)27(26-10)11(2)13-4-15(21)14(5-22)19(20(13)28-3)12-6-24-7-12/h4,8-9,11-12,24H,6-7,23H2,1-3H3. The molecule has 1 aromatic carbocycles. The zero-order chi connectivity index (χ0) is 20.0. The van der Waals surface area contributed by atoms with Gasteiger partial charge in [0.2, 0.25) is 0 Å². The first kappa shape index (κ1) is 18.5. The molecule has 1 fully saturated rings. The van der Waals surface area contributed by atoms with Crippen LogP contribution in [-0.2, 0) is 0 Å².